The Hall–Kier alpha value is -0.950. The number of rotatable bonds is 15. The molecule has 0 amide bonds. The Morgan fingerprint density at radius 2 is 1.97 bits per heavy atom. The lowest BCUT2D eigenvalue weighted by molar-refractivity contribution is -0.203. The lowest BCUT2D eigenvalue weighted by Crippen LogP contribution is -2.34. The lowest BCUT2D eigenvalue weighted by atomic mass is 9.88. The summed E-state index contributed by atoms with van der Waals surface area (Å²) in [5.74, 6) is -0.242. The van der Waals surface area contributed by atoms with Crippen LogP contribution in [0.25, 0.3) is 0 Å². The number of aliphatic carboxylic acids is 1. The molecular formula is C26H46O6. The number of aliphatic hydroxyl groups excluding tert-OH is 2. The number of unbranched alkanes of at least 4 members (excludes halogenated alkanes) is 4. The van der Waals surface area contributed by atoms with E-state index in [1.54, 1.807) is 0 Å². The number of allylic oxidation sites excluding steroid dienone is 1. The van der Waals surface area contributed by atoms with Crippen LogP contribution < -0.4 is 0 Å². The maximum Gasteiger partial charge on any atom is 0.303 e. The van der Waals surface area contributed by atoms with Crippen LogP contribution in [0.4, 0.5) is 0 Å². The largest absolute Gasteiger partial charge is 0.481 e. The zero-order chi connectivity index (χ0) is 23.3. The topological polar surface area (TPSA) is 96.2 Å². The quantitative estimate of drug-likeness (QED) is 0.236. The van der Waals surface area contributed by atoms with Crippen LogP contribution in [0.15, 0.2) is 12.2 Å². The summed E-state index contributed by atoms with van der Waals surface area (Å²) < 4.78 is 11.9. The minimum atomic E-state index is -0.738. The molecule has 3 N–H and O–H groups in total. The Kier molecular flexibility index (Phi) is 12.8. The van der Waals surface area contributed by atoms with E-state index in [4.69, 9.17) is 14.6 Å². The molecule has 6 heteroatoms. The van der Waals surface area contributed by atoms with E-state index in [0.717, 1.165) is 77.2 Å². The first-order valence-corrected chi connectivity index (χ1v) is 13.0. The summed E-state index contributed by atoms with van der Waals surface area (Å²) in [6.07, 6.45) is 14.3. The van der Waals surface area contributed by atoms with Crippen LogP contribution in [-0.2, 0) is 14.3 Å². The van der Waals surface area contributed by atoms with Crippen LogP contribution in [0, 0.1) is 17.8 Å². The number of ether oxygens (including phenoxy) is 2. The van der Waals surface area contributed by atoms with Gasteiger partial charge in [0.2, 0.25) is 0 Å². The van der Waals surface area contributed by atoms with Crippen molar-refractivity contribution in [3.8, 4) is 0 Å². The van der Waals surface area contributed by atoms with Gasteiger partial charge in [0.15, 0.2) is 6.29 Å². The summed E-state index contributed by atoms with van der Waals surface area (Å²) in [4.78, 5) is 10.7. The number of carbonyl (C=O) groups is 1. The number of carboxylic acid groups (broad SMARTS) is 1. The Labute approximate surface area is 194 Å². The van der Waals surface area contributed by atoms with E-state index in [2.05, 4.69) is 19.9 Å². The van der Waals surface area contributed by atoms with E-state index in [1.165, 1.54) is 0 Å². The molecule has 7 atom stereocenters. The Morgan fingerprint density at radius 1 is 1.19 bits per heavy atom. The van der Waals surface area contributed by atoms with Crippen molar-refractivity contribution in [2.24, 2.45) is 17.8 Å². The Balaban J connectivity index is 1.91. The molecule has 0 aromatic carbocycles. The molecule has 1 saturated carbocycles. The summed E-state index contributed by atoms with van der Waals surface area (Å²) in [5.41, 5.74) is 0. The number of carboxylic acids is 1. The fourth-order valence-corrected chi connectivity index (χ4v) is 5.02. The summed E-state index contributed by atoms with van der Waals surface area (Å²) >= 11 is 0. The van der Waals surface area contributed by atoms with E-state index in [1.807, 2.05) is 6.08 Å². The molecule has 32 heavy (non-hydrogen) atoms. The fourth-order valence-electron chi connectivity index (χ4n) is 5.02. The van der Waals surface area contributed by atoms with Crippen LogP contribution in [0.5, 0.6) is 0 Å². The third-order valence-electron chi connectivity index (χ3n) is 7.17. The van der Waals surface area contributed by atoms with E-state index in [-0.39, 0.29) is 36.6 Å². The van der Waals surface area contributed by atoms with Gasteiger partial charge in [0.1, 0.15) is 0 Å². The smallest absolute Gasteiger partial charge is 0.303 e. The second-order valence-corrected chi connectivity index (χ2v) is 9.87. The molecule has 2 fully saturated rings. The van der Waals surface area contributed by atoms with Gasteiger partial charge in [-0.2, -0.15) is 0 Å². The highest BCUT2D eigenvalue weighted by Gasteiger charge is 2.42. The van der Waals surface area contributed by atoms with Crippen molar-refractivity contribution in [1.82, 2.24) is 0 Å². The van der Waals surface area contributed by atoms with Gasteiger partial charge in [0.25, 0.3) is 0 Å². The molecule has 0 spiro atoms. The second-order valence-electron chi connectivity index (χ2n) is 9.87. The molecule has 0 bridgehead atoms. The van der Waals surface area contributed by atoms with E-state index in [9.17, 15) is 15.0 Å². The van der Waals surface area contributed by atoms with Crippen molar-refractivity contribution in [2.75, 3.05) is 6.61 Å². The average molecular weight is 455 g/mol. The Morgan fingerprint density at radius 3 is 2.66 bits per heavy atom. The normalized spacial score (nSPS) is 30.6. The molecule has 7 unspecified atom stereocenters. The highest BCUT2D eigenvalue weighted by molar-refractivity contribution is 5.66. The zero-order valence-corrected chi connectivity index (χ0v) is 20.2. The van der Waals surface area contributed by atoms with Crippen LogP contribution in [0.2, 0.25) is 0 Å². The van der Waals surface area contributed by atoms with Gasteiger partial charge in [-0.1, -0.05) is 58.1 Å². The van der Waals surface area contributed by atoms with Crippen molar-refractivity contribution in [2.45, 2.75) is 122 Å². The SMILES string of the molecule is CCCCC(C)C(O)C=CC1CC(OC2CCCCO2)C(O)C1CCCCCCC(=O)O. The van der Waals surface area contributed by atoms with Crippen molar-refractivity contribution in [1.29, 1.82) is 0 Å². The number of aliphatic hydroxyl groups is 2. The molecule has 1 aliphatic heterocycles. The Bertz CT molecular complexity index is 544. The fraction of sp³-hybridized carbons (Fsp3) is 0.885. The van der Waals surface area contributed by atoms with Gasteiger partial charge >= 0.3 is 5.97 Å². The first kappa shape index (κ1) is 27.3. The lowest BCUT2D eigenvalue weighted by Gasteiger charge is -2.28. The second kappa shape index (κ2) is 15.0. The summed E-state index contributed by atoms with van der Waals surface area (Å²) in [7, 11) is 0. The van der Waals surface area contributed by atoms with Crippen molar-refractivity contribution in [3.63, 3.8) is 0 Å². The van der Waals surface area contributed by atoms with Gasteiger partial charge in [0.05, 0.1) is 18.3 Å². The van der Waals surface area contributed by atoms with Crippen molar-refractivity contribution < 1.29 is 29.6 Å². The zero-order valence-electron chi connectivity index (χ0n) is 20.2. The van der Waals surface area contributed by atoms with Crippen LogP contribution >= 0.6 is 0 Å². The van der Waals surface area contributed by atoms with Gasteiger partial charge < -0.3 is 24.8 Å². The van der Waals surface area contributed by atoms with Crippen LogP contribution in [0.3, 0.4) is 0 Å². The predicted molar refractivity (Wildman–Crippen MR) is 125 cm³/mol. The number of hydrogen-bond acceptors (Lipinski definition) is 5. The minimum absolute atomic E-state index is 0.0949. The van der Waals surface area contributed by atoms with E-state index in [0.29, 0.717) is 6.42 Å². The number of hydrogen-bond donors (Lipinski definition) is 3. The average Bonchev–Trinajstić information content (AvgIpc) is 3.07. The molecule has 2 rings (SSSR count). The molecule has 186 valence electrons. The third kappa shape index (κ3) is 9.50. The standard InChI is InChI=1S/C26H46O6/c1-3-4-11-19(2)22(27)16-15-20-18-23(32-25-14-9-10-17-31-25)26(30)21(20)12-7-5-6-8-13-24(28)29/h15-16,19-23,25-27,30H,3-14,17-18H2,1-2H3,(H,28,29). The first-order valence-electron chi connectivity index (χ1n) is 13.0. The van der Waals surface area contributed by atoms with Gasteiger partial charge in [-0.3, -0.25) is 4.79 Å². The van der Waals surface area contributed by atoms with Gasteiger partial charge in [0, 0.05) is 13.0 Å². The minimum Gasteiger partial charge on any atom is -0.481 e. The van der Waals surface area contributed by atoms with Crippen LogP contribution in [-0.4, -0.2) is 52.5 Å². The summed E-state index contributed by atoms with van der Waals surface area (Å²) in [5, 5.41) is 30.4. The highest BCUT2D eigenvalue weighted by Crippen LogP contribution is 2.40. The molecule has 0 aromatic rings. The van der Waals surface area contributed by atoms with E-state index >= 15 is 0 Å². The monoisotopic (exact) mass is 454 g/mol. The molecular weight excluding hydrogens is 408 g/mol. The molecule has 1 aliphatic carbocycles. The van der Waals surface area contributed by atoms with Crippen molar-refractivity contribution >= 4 is 5.97 Å². The molecule has 0 aromatic heterocycles. The summed E-state index contributed by atoms with van der Waals surface area (Å²) in [6.45, 7) is 4.98. The van der Waals surface area contributed by atoms with Gasteiger partial charge in [-0.15, -0.1) is 0 Å². The molecule has 6 nitrogen and oxygen atoms in total. The van der Waals surface area contributed by atoms with Gasteiger partial charge in [-0.25, -0.2) is 0 Å². The molecule has 2 aliphatic rings. The molecule has 1 heterocycles. The maximum absolute atomic E-state index is 11.1. The maximum atomic E-state index is 11.1. The van der Waals surface area contributed by atoms with Crippen LogP contribution in [0.1, 0.15) is 97.3 Å². The van der Waals surface area contributed by atoms with Gasteiger partial charge in [-0.05, 0) is 62.7 Å². The summed E-state index contributed by atoms with van der Waals surface area (Å²) in [6, 6.07) is 0. The van der Waals surface area contributed by atoms with E-state index < -0.39 is 18.2 Å². The predicted octanol–water partition coefficient (Wildman–Crippen LogP) is 5.06. The molecule has 0 radical (unpaired) electrons. The first-order chi connectivity index (χ1) is 15.4. The molecule has 1 saturated heterocycles. The highest BCUT2D eigenvalue weighted by atomic mass is 16.7. The van der Waals surface area contributed by atoms with Crippen molar-refractivity contribution in [3.05, 3.63) is 12.2 Å². The third-order valence-corrected chi connectivity index (χ3v) is 7.17.